The van der Waals surface area contributed by atoms with E-state index in [1.165, 1.54) is 0 Å². The molecule has 7 heteroatoms. The van der Waals surface area contributed by atoms with Gasteiger partial charge in [0.25, 0.3) is 0 Å². The summed E-state index contributed by atoms with van der Waals surface area (Å²) in [6.07, 6.45) is 0.859. The Kier molecular flexibility index (Phi) is 6.16. The van der Waals surface area contributed by atoms with Gasteiger partial charge in [0.05, 0.1) is 30.6 Å². The highest BCUT2D eigenvalue weighted by Crippen LogP contribution is 2.36. The lowest BCUT2D eigenvalue weighted by molar-refractivity contribution is -0.120. The van der Waals surface area contributed by atoms with Crippen molar-refractivity contribution >= 4 is 27.8 Å². The molecule has 0 saturated carbocycles. The zero-order valence-corrected chi connectivity index (χ0v) is 18.7. The summed E-state index contributed by atoms with van der Waals surface area (Å²) in [6.45, 7) is 12.7. The summed E-state index contributed by atoms with van der Waals surface area (Å²) in [5.74, 6) is 0.669. The predicted octanol–water partition coefficient (Wildman–Crippen LogP) is 3.15. The summed E-state index contributed by atoms with van der Waals surface area (Å²) in [5, 5.41) is 4.74. The molecule has 1 aromatic carbocycles. The first-order valence-corrected chi connectivity index (χ1v) is 10.9. The van der Waals surface area contributed by atoms with Crippen molar-refractivity contribution in [3.8, 4) is 0 Å². The lowest BCUT2D eigenvalue weighted by Crippen LogP contribution is -2.38. The van der Waals surface area contributed by atoms with Crippen molar-refractivity contribution in [3.05, 3.63) is 44.5 Å². The minimum Gasteiger partial charge on any atom is -0.460 e. The van der Waals surface area contributed by atoms with Crippen molar-refractivity contribution in [3.63, 3.8) is 0 Å². The van der Waals surface area contributed by atoms with Crippen molar-refractivity contribution in [2.24, 2.45) is 0 Å². The molecule has 1 saturated heterocycles. The minimum absolute atomic E-state index is 0.00426. The van der Waals surface area contributed by atoms with E-state index in [1.54, 1.807) is 0 Å². The van der Waals surface area contributed by atoms with Crippen LogP contribution < -0.4 is 10.9 Å². The van der Waals surface area contributed by atoms with E-state index in [0.29, 0.717) is 17.7 Å². The van der Waals surface area contributed by atoms with Crippen LogP contribution in [0.25, 0.3) is 21.9 Å². The van der Waals surface area contributed by atoms with Crippen molar-refractivity contribution in [2.45, 2.75) is 40.5 Å². The standard InChI is InChI=1S/C24H30N2O5/c1-14-12-19-22(23-21(14)15(2)17(4)30-23)16(3)18(24(28)31-19)13-20(27)25-6-5-7-26-8-10-29-11-9-26/h12H,5-11,13H2,1-4H3,(H,25,27). The van der Waals surface area contributed by atoms with Gasteiger partial charge in [0.1, 0.15) is 16.9 Å². The fourth-order valence-corrected chi connectivity index (χ4v) is 4.41. The number of ether oxygens (including phenoxy) is 1. The van der Waals surface area contributed by atoms with Gasteiger partial charge in [-0.25, -0.2) is 4.79 Å². The zero-order valence-electron chi connectivity index (χ0n) is 18.7. The normalized spacial score (nSPS) is 15.1. The second-order valence-corrected chi connectivity index (χ2v) is 8.38. The number of benzene rings is 1. The number of morpholine rings is 1. The Morgan fingerprint density at radius 1 is 1.06 bits per heavy atom. The Balaban J connectivity index is 1.53. The van der Waals surface area contributed by atoms with E-state index in [1.807, 2.05) is 33.8 Å². The maximum absolute atomic E-state index is 12.6. The van der Waals surface area contributed by atoms with Crippen LogP contribution in [0.5, 0.6) is 0 Å². The van der Waals surface area contributed by atoms with Gasteiger partial charge in [-0.05, 0) is 63.4 Å². The van der Waals surface area contributed by atoms with E-state index in [-0.39, 0.29) is 12.3 Å². The maximum Gasteiger partial charge on any atom is 0.340 e. The average Bonchev–Trinajstić information content (AvgIpc) is 3.04. The summed E-state index contributed by atoms with van der Waals surface area (Å²) in [4.78, 5) is 27.5. The first-order chi connectivity index (χ1) is 14.9. The fourth-order valence-electron chi connectivity index (χ4n) is 4.41. The van der Waals surface area contributed by atoms with Crippen LogP contribution >= 0.6 is 0 Å². The van der Waals surface area contributed by atoms with Crippen LogP contribution in [-0.4, -0.2) is 50.2 Å². The van der Waals surface area contributed by atoms with Gasteiger partial charge >= 0.3 is 5.63 Å². The molecule has 7 nitrogen and oxygen atoms in total. The van der Waals surface area contributed by atoms with Gasteiger partial charge in [-0.3, -0.25) is 9.69 Å². The molecule has 0 unspecified atom stereocenters. The highest BCUT2D eigenvalue weighted by Gasteiger charge is 2.21. The van der Waals surface area contributed by atoms with Gasteiger partial charge in [-0.1, -0.05) is 0 Å². The van der Waals surface area contributed by atoms with Crippen LogP contribution in [0.2, 0.25) is 0 Å². The van der Waals surface area contributed by atoms with Crippen LogP contribution in [0.15, 0.2) is 19.7 Å². The number of carbonyl (C=O) groups is 1. The SMILES string of the molecule is Cc1oc2c(c(C)cc3oc(=O)c(CC(=O)NCCCN4CCOCC4)c(C)c32)c1C. The quantitative estimate of drug-likeness (QED) is 0.481. The predicted molar refractivity (Wildman–Crippen MR) is 120 cm³/mol. The van der Waals surface area contributed by atoms with Gasteiger partial charge < -0.3 is 18.9 Å². The number of nitrogens with zero attached hydrogens (tertiary/aromatic N) is 1. The number of furan rings is 1. The molecule has 1 amide bonds. The van der Waals surface area contributed by atoms with E-state index >= 15 is 0 Å². The van der Waals surface area contributed by atoms with Crippen LogP contribution in [0.1, 0.15) is 34.4 Å². The molecule has 0 bridgehead atoms. The number of hydrogen-bond donors (Lipinski definition) is 1. The Hall–Kier alpha value is -2.64. The third-order valence-corrected chi connectivity index (χ3v) is 6.29. The molecule has 1 aliphatic heterocycles. The van der Waals surface area contributed by atoms with E-state index in [0.717, 1.165) is 78.1 Å². The molecular formula is C24H30N2O5. The molecule has 1 N–H and O–H groups in total. The summed E-state index contributed by atoms with van der Waals surface area (Å²) < 4.78 is 17.0. The summed E-state index contributed by atoms with van der Waals surface area (Å²) >= 11 is 0. The van der Waals surface area contributed by atoms with Gasteiger partial charge in [0.15, 0.2) is 0 Å². The molecule has 3 heterocycles. The van der Waals surface area contributed by atoms with Crippen molar-refractivity contribution < 1.29 is 18.4 Å². The highest BCUT2D eigenvalue weighted by molar-refractivity contribution is 6.07. The minimum atomic E-state index is -0.466. The largest absolute Gasteiger partial charge is 0.460 e. The van der Waals surface area contributed by atoms with Crippen LogP contribution in [-0.2, 0) is 16.0 Å². The van der Waals surface area contributed by atoms with Crippen LogP contribution in [0.3, 0.4) is 0 Å². The zero-order chi connectivity index (χ0) is 22.1. The number of carbonyl (C=O) groups excluding carboxylic acids is 1. The number of nitrogens with one attached hydrogen (secondary N) is 1. The molecule has 2 aromatic heterocycles. The monoisotopic (exact) mass is 426 g/mol. The molecule has 1 fully saturated rings. The molecule has 4 rings (SSSR count). The summed E-state index contributed by atoms with van der Waals surface area (Å²) in [7, 11) is 0. The summed E-state index contributed by atoms with van der Waals surface area (Å²) in [5.41, 5.74) is 3.97. The molecular weight excluding hydrogens is 396 g/mol. The first-order valence-electron chi connectivity index (χ1n) is 10.9. The second kappa shape index (κ2) is 8.85. The third-order valence-electron chi connectivity index (χ3n) is 6.29. The number of aryl methyl sites for hydroxylation is 4. The Bertz CT molecular complexity index is 1180. The number of hydrogen-bond acceptors (Lipinski definition) is 6. The smallest absolute Gasteiger partial charge is 0.340 e. The lowest BCUT2D eigenvalue weighted by atomic mass is 9.98. The highest BCUT2D eigenvalue weighted by atomic mass is 16.5. The molecule has 166 valence electrons. The van der Waals surface area contributed by atoms with Crippen molar-refractivity contribution in [1.29, 1.82) is 0 Å². The number of amides is 1. The molecule has 3 aromatic rings. The van der Waals surface area contributed by atoms with E-state index in [4.69, 9.17) is 13.6 Å². The molecule has 31 heavy (non-hydrogen) atoms. The average molecular weight is 427 g/mol. The van der Waals surface area contributed by atoms with Gasteiger partial charge in [0, 0.05) is 25.0 Å². The lowest BCUT2D eigenvalue weighted by Gasteiger charge is -2.26. The van der Waals surface area contributed by atoms with Crippen LogP contribution in [0.4, 0.5) is 0 Å². The van der Waals surface area contributed by atoms with E-state index in [9.17, 15) is 9.59 Å². The Morgan fingerprint density at radius 2 is 1.81 bits per heavy atom. The topological polar surface area (TPSA) is 84.9 Å². The molecule has 0 aliphatic carbocycles. The fraction of sp³-hybridized carbons (Fsp3) is 0.500. The van der Waals surface area contributed by atoms with Crippen molar-refractivity contribution in [2.75, 3.05) is 39.4 Å². The number of fused-ring (bicyclic) bond motifs is 3. The molecule has 0 radical (unpaired) electrons. The Morgan fingerprint density at radius 3 is 2.55 bits per heavy atom. The maximum atomic E-state index is 12.6. The molecule has 1 aliphatic rings. The van der Waals surface area contributed by atoms with E-state index < -0.39 is 5.63 Å². The summed E-state index contributed by atoms with van der Waals surface area (Å²) in [6, 6.07) is 1.88. The number of rotatable bonds is 6. The third kappa shape index (κ3) is 4.25. The molecule has 0 spiro atoms. The Labute approximate surface area is 181 Å². The van der Waals surface area contributed by atoms with E-state index in [2.05, 4.69) is 10.2 Å². The van der Waals surface area contributed by atoms with Gasteiger partial charge in [-0.2, -0.15) is 0 Å². The van der Waals surface area contributed by atoms with Gasteiger partial charge in [-0.15, -0.1) is 0 Å². The second-order valence-electron chi connectivity index (χ2n) is 8.38. The van der Waals surface area contributed by atoms with Crippen molar-refractivity contribution in [1.82, 2.24) is 10.2 Å². The first kappa shape index (κ1) is 21.6. The van der Waals surface area contributed by atoms with Gasteiger partial charge in [0.2, 0.25) is 5.91 Å². The van der Waals surface area contributed by atoms with Crippen LogP contribution in [0, 0.1) is 27.7 Å². The molecule has 0 atom stereocenters.